The fourth-order valence-corrected chi connectivity index (χ4v) is 0.841. The maximum absolute atomic E-state index is 9.77. The molecule has 0 saturated heterocycles. The molecule has 0 aliphatic carbocycles. The number of carbonyl (C=O) groups is 2. The molecular formula is C10H21NO6. The van der Waals surface area contributed by atoms with Gasteiger partial charge in [-0.1, -0.05) is 26.2 Å². The highest BCUT2D eigenvalue weighted by molar-refractivity contribution is 5.83. The minimum Gasteiger partial charge on any atom is -0.479 e. The van der Waals surface area contributed by atoms with Gasteiger partial charge in [0.15, 0.2) is 12.2 Å². The Hall–Kier alpha value is -1.18. The topological polar surface area (TPSA) is 141 Å². The van der Waals surface area contributed by atoms with Crippen molar-refractivity contribution in [1.29, 1.82) is 0 Å². The second kappa shape index (κ2) is 11.3. The third-order valence-electron chi connectivity index (χ3n) is 1.86. The molecule has 102 valence electrons. The van der Waals surface area contributed by atoms with E-state index in [9.17, 15) is 9.59 Å². The first-order chi connectivity index (χ1) is 7.88. The van der Waals surface area contributed by atoms with Gasteiger partial charge in [-0.05, 0) is 13.0 Å². The lowest BCUT2D eigenvalue weighted by molar-refractivity contribution is -0.165. The summed E-state index contributed by atoms with van der Waals surface area (Å²) >= 11 is 0. The molecule has 0 spiro atoms. The summed E-state index contributed by atoms with van der Waals surface area (Å²) in [5.74, 6) is -3.54. The number of unbranched alkanes of at least 4 members (excludes halogenated alkanes) is 3. The Kier molecular flexibility index (Phi) is 12.1. The second-order valence-electron chi connectivity index (χ2n) is 3.42. The molecule has 2 atom stereocenters. The van der Waals surface area contributed by atoms with Gasteiger partial charge in [-0.2, -0.15) is 0 Å². The first-order valence-electron chi connectivity index (χ1n) is 5.40. The van der Waals surface area contributed by atoms with Crippen LogP contribution in [-0.4, -0.2) is 51.1 Å². The lowest BCUT2D eigenvalue weighted by Gasteiger charge is -2.07. The summed E-state index contributed by atoms with van der Waals surface area (Å²) in [6, 6.07) is 0. The predicted octanol–water partition coefficient (Wildman–Crippen LogP) is -0.597. The quantitative estimate of drug-likeness (QED) is 0.380. The van der Waals surface area contributed by atoms with E-state index in [1.54, 1.807) is 0 Å². The monoisotopic (exact) mass is 251 g/mol. The molecule has 0 aliphatic rings. The van der Waals surface area contributed by atoms with Crippen molar-refractivity contribution in [1.82, 2.24) is 0 Å². The van der Waals surface area contributed by atoms with Crippen molar-refractivity contribution in [2.45, 2.75) is 44.8 Å². The van der Waals surface area contributed by atoms with Crippen molar-refractivity contribution >= 4 is 11.9 Å². The van der Waals surface area contributed by atoms with E-state index in [0.717, 1.165) is 6.54 Å². The van der Waals surface area contributed by atoms with E-state index in [-0.39, 0.29) is 0 Å². The van der Waals surface area contributed by atoms with E-state index in [0.29, 0.717) is 0 Å². The average Bonchev–Trinajstić information content (AvgIpc) is 2.28. The Labute approximate surface area is 99.9 Å². The van der Waals surface area contributed by atoms with Crippen LogP contribution in [0.2, 0.25) is 0 Å². The van der Waals surface area contributed by atoms with Crippen molar-refractivity contribution in [2.75, 3.05) is 6.54 Å². The zero-order valence-corrected chi connectivity index (χ0v) is 9.87. The lowest BCUT2D eigenvalue weighted by atomic mass is 10.2. The third kappa shape index (κ3) is 11.1. The molecule has 7 heteroatoms. The van der Waals surface area contributed by atoms with Crippen LogP contribution in [0.1, 0.15) is 32.6 Å². The number of aliphatic hydroxyl groups is 2. The zero-order chi connectivity index (χ0) is 13.8. The van der Waals surface area contributed by atoms with Gasteiger partial charge in [0, 0.05) is 0 Å². The SMILES string of the molecule is CCCCCCN.O=C(O)C(O)C(O)C(=O)O. The molecule has 0 amide bonds. The number of carboxylic acids is 2. The van der Waals surface area contributed by atoms with Crippen molar-refractivity contribution in [2.24, 2.45) is 5.73 Å². The normalized spacial score (nSPS) is 13.2. The number of hydrogen-bond acceptors (Lipinski definition) is 5. The summed E-state index contributed by atoms with van der Waals surface area (Å²) in [4.78, 5) is 19.5. The van der Waals surface area contributed by atoms with E-state index in [4.69, 9.17) is 26.2 Å². The third-order valence-corrected chi connectivity index (χ3v) is 1.86. The molecule has 17 heavy (non-hydrogen) atoms. The van der Waals surface area contributed by atoms with E-state index >= 15 is 0 Å². The molecule has 0 saturated carbocycles. The summed E-state index contributed by atoms with van der Waals surface area (Å²) in [7, 11) is 0. The van der Waals surface area contributed by atoms with Gasteiger partial charge in [0.05, 0.1) is 0 Å². The fourth-order valence-electron chi connectivity index (χ4n) is 0.841. The molecule has 0 aromatic carbocycles. The number of nitrogens with two attached hydrogens (primary N) is 1. The number of rotatable bonds is 7. The minimum atomic E-state index is -2.27. The van der Waals surface area contributed by atoms with E-state index in [1.807, 2.05) is 0 Å². The smallest absolute Gasteiger partial charge is 0.335 e. The Morgan fingerprint density at radius 1 is 1.00 bits per heavy atom. The van der Waals surface area contributed by atoms with E-state index < -0.39 is 24.1 Å². The highest BCUT2D eigenvalue weighted by Gasteiger charge is 2.29. The minimum absolute atomic E-state index is 0.861. The Morgan fingerprint density at radius 2 is 1.41 bits per heavy atom. The maximum atomic E-state index is 9.77. The maximum Gasteiger partial charge on any atom is 0.335 e. The molecule has 2 unspecified atom stereocenters. The van der Waals surface area contributed by atoms with Gasteiger partial charge in [0.2, 0.25) is 0 Å². The summed E-state index contributed by atoms with van der Waals surface area (Å²) in [6.45, 7) is 3.07. The Bertz CT molecular complexity index is 199. The largest absolute Gasteiger partial charge is 0.479 e. The van der Waals surface area contributed by atoms with Gasteiger partial charge in [-0.3, -0.25) is 0 Å². The van der Waals surface area contributed by atoms with Gasteiger partial charge in [0.1, 0.15) is 0 Å². The van der Waals surface area contributed by atoms with E-state index in [1.165, 1.54) is 25.7 Å². The zero-order valence-electron chi connectivity index (χ0n) is 9.87. The van der Waals surface area contributed by atoms with Crippen LogP contribution in [0.3, 0.4) is 0 Å². The molecule has 0 aromatic rings. The van der Waals surface area contributed by atoms with Crippen molar-refractivity contribution in [3.63, 3.8) is 0 Å². The van der Waals surface area contributed by atoms with Crippen LogP contribution in [0.15, 0.2) is 0 Å². The summed E-state index contributed by atoms with van der Waals surface area (Å²) in [5.41, 5.74) is 5.27. The molecular weight excluding hydrogens is 230 g/mol. The average molecular weight is 251 g/mol. The molecule has 0 aromatic heterocycles. The van der Waals surface area contributed by atoms with Crippen molar-refractivity contribution in [3.05, 3.63) is 0 Å². The molecule has 0 rings (SSSR count). The number of carboxylic acid groups (broad SMARTS) is 2. The van der Waals surface area contributed by atoms with Crippen LogP contribution in [-0.2, 0) is 9.59 Å². The van der Waals surface area contributed by atoms with Gasteiger partial charge in [-0.15, -0.1) is 0 Å². The van der Waals surface area contributed by atoms with Crippen LogP contribution in [0.4, 0.5) is 0 Å². The number of aliphatic hydroxyl groups excluding tert-OH is 2. The number of aliphatic carboxylic acids is 2. The van der Waals surface area contributed by atoms with E-state index in [2.05, 4.69) is 6.92 Å². The van der Waals surface area contributed by atoms with Crippen LogP contribution in [0.25, 0.3) is 0 Å². The van der Waals surface area contributed by atoms with Crippen molar-refractivity contribution in [3.8, 4) is 0 Å². The predicted molar refractivity (Wildman–Crippen MR) is 60.5 cm³/mol. The second-order valence-corrected chi connectivity index (χ2v) is 3.42. The van der Waals surface area contributed by atoms with Crippen LogP contribution < -0.4 is 5.73 Å². The van der Waals surface area contributed by atoms with Crippen LogP contribution in [0.5, 0.6) is 0 Å². The Morgan fingerprint density at radius 3 is 1.65 bits per heavy atom. The summed E-state index contributed by atoms with van der Waals surface area (Å²) in [6.07, 6.45) is 0.632. The molecule has 0 fully saturated rings. The van der Waals surface area contributed by atoms with Gasteiger partial charge >= 0.3 is 11.9 Å². The fraction of sp³-hybridized carbons (Fsp3) is 0.800. The first kappa shape index (κ1) is 18.2. The highest BCUT2D eigenvalue weighted by Crippen LogP contribution is 1.95. The van der Waals surface area contributed by atoms with Crippen LogP contribution >= 0.6 is 0 Å². The summed E-state index contributed by atoms with van der Waals surface area (Å²) < 4.78 is 0. The highest BCUT2D eigenvalue weighted by atomic mass is 16.4. The molecule has 0 bridgehead atoms. The number of hydrogen-bond donors (Lipinski definition) is 5. The lowest BCUT2D eigenvalue weighted by Crippen LogP contribution is -2.39. The molecule has 0 aliphatic heterocycles. The molecule has 0 heterocycles. The molecule has 6 N–H and O–H groups in total. The van der Waals surface area contributed by atoms with Gasteiger partial charge in [0.25, 0.3) is 0 Å². The first-order valence-corrected chi connectivity index (χ1v) is 5.40. The summed E-state index contributed by atoms with van der Waals surface area (Å²) in [5, 5.41) is 32.5. The van der Waals surface area contributed by atoms with Crippen LogP contribution in [0, 0.1) is 0 Å². The molecule has 7 nitrogen and oxygen atoms in total. The standard InChI is InChI=1S/C6H15N.C4H6O6/c1-2-3-4-5-6-7;5-1(3(7)8)2(6)4(9)10/h2-7H2,1H3;1-2,5-6H,(H,7,8)(H,9,10). The van der Waals surface area contributed by atoms with Gasteiger partial charge in [-0.25, -0.2) is 9.59 Å². The Balaban J connectivity index is 0. The van der Waals surface area contributed by atoms with Gasteiger partial charge < -0.3 is 26.2 Å². The van der Waals surface area contributed by atoms with Crippen molar-refractivity contribution < 1.29 is 30.0 Å². The molecule has 0 radical (unpaired) electrons.